The Hall–Kier alpha value is -0.930. The molecule has 0 heterocycles. The van der Waals surface area contributed by atoms with Gasteiger partial charge in [0, 0.05) is 18.6 Å². The summed E-state index contributed by atoms with van der Waals surface area (Å²) in [5, 5.41) is 0. The Bertz CT molecular complexity index is 449. The zero-order valence-corrected chi connectivity index (χ0v) is 13.8. The Morgan fingerprint density at radius 2 is 1.81 bits per heavy atom. The van der Waals surface area contributed by atoms with Crippen LogP contribution >= 0.6 is 0 Å². The molecule has 21 heavy (non-hydrogen) atoms. The van der Waals surface area contributed by atoms with Gasteiger partial charge in [0.05, 0.1) is 0 Å². The predicted molar refractivity (Wildman–Crippen MR) is 86.4 cm³/mol. The molecule has 0 spiro atoms. The van der Waals surface area contributed by atoms with Crippen molar-refractivity contribution in [1.29, 1.82) is 0 Å². The lowest BCUT2D eigenvalue weighted by Crippen LogP contribution is -2.51. The molecule has 2 N–H and O–H groups in total. The highest BCUT2D eigenvalue weighted by Crippen LogP contribution is 2.38. The lowest BCUT2D eigenvalue weighted by Gasteiger charge is -2.44. The van der Waals surface area contributed by atoms with Crippen LogP contribution in [0.4, 0.5) is 4.39 Å². The van der Waals surface area contributed by atoms with Gasteiger partial charge in [-0.2, -0.15) is 0 Å². The van der Waals surface area contributed by atoms with E-state index in [-0.39, 0.29) is 11.9 Å². The minimum atomic E-state index is -0.177. The van der Waals surface area contributed by atoms with E-state index in [1.165, 1.54) is 18.6 Å². The van der Waals surface area contributed by atoms with Gasteiger partial charge in [-0.05, 0) is 55.3 Å². The van der Waals surface area contributed by atoms with Crippen LogP contribution in [-0.2, 0) is 6.54 Å². The molecular formula is C18H29FN2. The van der Waals surface area contributed by atoms with Crippen molar-refractivity contribution in [1.82, 2.24) is 4.90 Å². The van der Waals surface area contributed by atoms with Gasteiger partial charge >= 0.3 is 0 Å². The lowest BCUT2D eigenvalue weighted by atomic mass is 9.69. The van der Waals surface area contributed by atoms with Gasteiger partial charge in [0.25, 0.3) is 0 Å². The van der Waals surface area contributed by atoms with Crippen molar-refractivity contribution in [3.8, 4) is 0 Å². The molecule has 1 aliphatic rings. The summed E-state index contributed by atoms with van der Waals surface area (Å²) < 4.78 is 13.0. The summed E-state index contributed by atoms with van der Waals surface area (Å²) in [7, 11) is 2.14. The molecule has 1 aliphatic carbocycles. The van der Waals surface area contributed by atoms with E-state index < -0.39 is 0 Å². The molecule has 3 atom stereocenters. The van der Waals surface area contributed by atoms with Gasteiger partial charge < -0.3 is 5.73 Å². The fraction of sp³-hybridized carbons (Fsp3) is 0.667. The molecule has 0 bridgehead atoms. The second kappa shape index (κ2) is 6.45. The molecule has 2 nitrogen and oxygen atoms in total. The lowest BCUT2D eigenvalue weighted by molar-refractivity contribution is 0.0805. The van der Waals surface area contributed by atoms with E-state index in [9.17, 15) is 4.39 Å². The van der Waals surface area contributed by atoms with Crippen molar-refractivity contribution >= 4 is 0 Å². The average Bonchev–Trinajstić information content (AvgIpc) is 2.40. The monoisotopic (exact) mass is 292 g/mol. The standard InChI is InChI=1S/C18H29FN2/c1-18(2,3)14-7-10-16(20)17(11-14)21(4)12-13-5-8-15(19)9-6-13/h5-6,8-9,14,16-17H,7,10-12,20H2,1-4H3. The van der Waals surface area contributed by atoms with Gasteiger partial charge in [-0.1, -0.05) is 32.9 Å². The van der Waals surface area contributed by atoms with Crippen LogP contribution in [0.5, 0.6) is 0 Å². The SMILES string of the molecule is CN(Cc1ccc(F)cc1)C1CC(C(C)(C)C)CCC1N. The minimum Gasteiger partial charge on any atom is -0.326 e. The summed E-state index contributed by atoms with van der Waals surface area (Å²) in [6.07, 6.45) is 3.48. The van der Waals surface area contributed by atoms with Crippen molar-refractivity contribution in [2.75, 3.05) is 7.05 Å². The molecule has 1 aromatic carbocycles. The van der Waals surface area contributed by atoms with E-state index in [1.807, 2.05) is 12.1 Å². The van der Waals surface area contributed by atoms with E-state index in [1.54, 1.807) is 0 Å². The van der Waals surface area contributed by atoms with Crippen LogP contribution in [0, 0.1) is 17.2 Å². The molecule has 1 fully saturated rings. The largest absolute Gasteiger partial charge is 0.326 e. The number of rotatable bonds is 3. The summed E-state index contributed by atoms with van der Waals surface area (Å²) in [6.45, 7) is 7.80. The summed E-state index contributed by atoms with van der Waals surface area (Å²) in [6, 6.07) is 7.44. The molecule has 118 valence electrons. The number of likely N-dealkylation sites (N-methyl/N-ethyl adjacent to an activating group) is 1. The van der Waals surface area contributed by atoms with Gasteiger partial charge in [-0.15, -0.1) is 0 Å². The summed E-state index contributed by atoms with van der Waals surface area (Å²) in [4.78, 5) is 2.34. The second-order valence-electron chi connectivity index (χ2n) is 7.65. The Morgan fingerprint density at radius 3 is 2.38 bits per heavy atom. The number of hydrogen-bond donors (Lipinski definition) is 1. The smallest absolute Gasteiger partial charge is 0.123 e. The third-order valence-corrected chi connectivity index (χ3v) is 5.00. The fourth-order valence-corrected chi connectivity index (χ4v) is 3.46. The quantitative estimate of drug-likeness (QED) is 0.918. The van der Waals surface area contributed by atoms with Gasteiger partial charge in [0.1, 0.15) is 5.82 Å². The molecule has 0 amide bonds. The first kappa shape index (κ1) is 16.4. The molecule has 0 aliphatic heterocycles. The van der Waals surface area contributed by atoms with Crippen LogP contribution in [0.3, 0.4) is 0 Å². The molecule has 3 unspecified atom stereocenters. The molecule has 1 aromatic rings. The van der Waals surface area contributed by atoms with Crippen LogP contribution in [0.1, 0.15) is 45.6 Å². The third kappa shape index (κ3) is 4.27. The summed E-state index contributed by atoms with van der Waals surface area (Å²) in [5.41, 5.74) is 7.85. The average molecular weight is 292 g/mol. The topological polar surface area (TPSA) is 29.3 Å². The zero-order valence-electron chi connectivity index (χ0n) is 13.8. The van der Waals surface area contributed by atoms with Crippen molar-refractivity contribution in [3.05, 3.63) is 35.6 Å². The number of nitrogens with two attached hydrogens (primary N) is 1. The maximum absolute atomic E-state index is 13.0. The van der Waals surface area contributed by atoms with Gasteiger partial charge in [0.2, 0.25) is 0 Å². The van der Waals surface area contributed by atoms with E-state index in [4.69, 9.17) is 5.73 Å². The number of halogens is 1. The van der Waals surface area contributed by atoms with Gasteiger partial charge in [-0.3, -0.25) is 4.90 Å². The van der Waals surface area contributed by atoms with Crippen LogP contribution < -0.4 is 5.73 Å². The van der Waals surface area contributed by atoms with Crippen LogP contribution in [-0.4, -0.2) is 24.0 Å². The van der Waals surface area contributed by atoms with Crippen LogP contribution in [0.15, 0.2) is 24.3 Å². The van der Waals surface area contributed by atoms with Gasteiger partial charge in [-0.25, -0.2) is 4.39 Å². The van der Waals surface area contributed by atoms with Crippen LogP contribution in [0.2, 0.25) is 0 Å². The zero-order chi connectivity index (χ0) is 15.6. The first-order chi connectivity index (χ1) is 9.77. The number of nitrogens with zero attached hydrogens (tertiary/aromatic N) is 1. The number of hydrogen-bond acceptors (Lipinski definition) is 2. The van der Waals surface area contributed by atoms with Crippen molar-refractivity contribution < 1.29 is 4.39 Å². The Labute approximate surface area is 128 Å². The Kier molecular flexibility index (Phi) is 5.05. The molecule has 2 rings (SSSR count). The summed E-state index contributed by atoms with van der Waals surface area (Å²) in [5.74, 6) is 0.543. The van der Waals surface area contributed by atoms with E-state index in [2.05, 4.69) is 32.7 Å². The van der Waals surface area contributed by atoms with Crippen LogP contribution in [0.25, 0.3) is 0 Å². The van der Waals surface area contributed by atoms with Crippen molar-refractivity contribution in [3.63, 3.8) is 0 Å². The Morgan fingerprint density at radius 1 is 1.19 bits per heavy atom. The molecule has 0 radical (unpaired) electrons. The van der Waals surface area contributed by atoms with Crippen molar-refractivity contribution in [2.45, 2.75) is 58.7 Å². The third-order valence-electron chi connectivity index (χ3n) is 5.00. The normalized spacial score (nSPS) is 27.1. The second-order valence-corrected chi connectivity index (χ2v) is 7.65. The highest BCUT2D eigenvalue weighted by Gasteiger charge is 2.36. The highest BCUT2D eigenvalue weighted by molar-refractivity contribution is 5.16. The van der Waals surface area contributed by atoms with E-state index in [0.717, 1.165) is 30.9 Å². The predicted octanol–water partition coefficient (Wildman–Crippen LogP) is 3.80. The molecule has 1 saturated carbocycles. The first-order valence-corrected chi connectivity index (χ1v) is 7.97. The highest BCUT2D eigenvalue weighted by atomic mass is 19.1. The van der Waals surface area contributed by atoms with E-state index in [0.29, 0.717) is 11.5 Å². The van der Waals surface area contributed by atoms with Crippen molar-refractivity contribution in [2.24, 2.45) is 17.1 Å². The minimum absolute atomic E-state index is 0.177. The molecule has 0 saturated heterocycles. The van der Waals surface area contributed by atoms with Gasteiger partial charge in [0.15, 0.2) is 0 Å². The fourth-order valence-electron chi connectivity index (χ4n) is 3.46. The summed E-state index contributed by atoms with van der Waals surface area (Å²) >= 11 is 0. The number of benzene rings is 1. The molecular weight excluding hydrogens is 263 g/mol. The first-order valence-electron chi connectivity index (χ1n) is 7.97. The maximum atomic E-state index is 13.0. The maximum Gasteiger partial charge on any atom is 0.123 e. The molecule has 3 heteroatoms. The molecule has 0 aromatic heterocycles. The van der Waals surface area contributed by atoms with E-state index >= 15 is 0 Å². The Balaban J connectivity index is 2.02.